The van der Waals surface area contributed by atoms with Crippen LogP contribution >= 0.6 is 0 Å². The molecule has 1 aliphatic heterocycles. The molecule has 1 fully saturated rings. The van der Waals surface area contributed by atoms with Crippen molar-refractivity contribution in [3.05, 3.63) is 29.8 Å². The molecule has 2 rings (SSSR count). The number of alkyl halides is 3. The molecular formula is C12H14F3N3O. The van der Waals surface area contributed by atoms with Gasteiger partial charge in [-0.15, -0.1) is 0 Å². The minimum atomic E-state index is -4.32. The highest BCUT2D eigenvalue weighted by molar-refractivity contribution is 5.72. The molecule has 1 aromatic rings. The molecule has 2 N–H and O–H groups in total. The third-order valence-corrected chi connectivity index (χ3v) is 3.15. The summed E-state index contributed by atoms with van der Waals surface area (Å²) in [6.07, 6.45) is -4.32. The Bertz CT molecular complexity index is 450. The van der Waals surface area contributed by atoms with Gasteiger partial charge in [0, 0.05) is 31.9 Å². The van der Waals surface area contributed by atoms with Crippen molar-refractivity contribution in [2.45, 2.75) is 6.18 Å². The molecule has 0 radical (unpaired) electrons. The highest BCUT2D eigenvalue weighted by Gasteiger charge is 2.30. The molecule has 0 bridgehead atoms. The fourth-order valence-electron chi connectivity index (χ4n) is 2.05. The van der Waals surface area contributed by atoms with Crippen LogP contribution < -0.4 is 10.6 Å². The van der Waals surface area contributed by atoms with Gasteiger partial charge in [-0.1, -0.05) is 0 Å². The average molecular weight is 273 g/mol. The second-order valence-corrected chi connectivity index (χ2v) is 4.36. The van der Waals surface area contributed by atoms with Gasteiger partial charge in [0.05, 0.1) is 5.56 Å². The Hall–Kier alpha value is -1.92. The Balaban J connectivity index is 2.02. The number of carbonyl (C=O) groups is 1. The van der Waals surface area contributed by atoms with Crippen LogP contribution in [0.1, 0.15) is 5.56 Å². The summed E-state index contributed by atoms with van der Waals surface area (Å²) in [6.45, 7) is 2.09. The molecule has 1 aliphatic rings. The number of halogens is 3. The molecule has 19 heavy (non-hydrogen) atoms. The number of anilines is 1. The first-order valence-corrected chi connectivity index (χ1v) is 5.84. The molecule has 1 aromatic carbocycles. The number of hydrogen-bond acceptors (Lipinski definition) is 2. The topological polar surface area (TPSA) is 49.6 Å². The van der Waals surface area contributed by atoms with Gasteiger partial charge in [0.15, 0.2) is 0 Å². The fraction of sp³-hybridized carbons (Fsp3) is 0.417. The van der Waals surface area contributed by atoms with E-state index in [0.29, 0.717) is 26.2 Å². The Kier molecular flexibility index (Phi) is 3.55. The highest BCUT2D eigenvalue weighted by Crippen LogP contribution is 2.30. The molecule has 7 heteroatoms. The predicted molar refractivity (Wildman–Crippen MR) is 64.8 cm³/mol. The Morgan fingerprint density at radius 3 is 2.00 bits per heavy atom. The third kappa shape index (κ3) is 3.10. The van der Waals surface area contributed by atoms with Crippen LogP contribution in [0.5, 0.6) is 0 Å². The van der Waals surface area contributed by atoms with Gasteiger partial charge in [-0.25, -0.2) is 4.79 Å². The zero-order valence-electron chi connectivity index (χ0n) is 10.2. The van der Waals surface area contributed by atoms with Crippen LogP contribution in [0.3, 0.4) is 0 Å². The summed E-state index contributed by atoms with van der Waals surface area (Å²) in [5, 5.41) is 0. The minimum Gasteiger partial charge on any atom is -0.368 e. The molecule has 0 aromatic heterocycles. The van der Waals surface area contributed by atoms with E-state index < -0.39 is 17.8 Å². The second kappa shape index (κ2) is 4.99. The number of urea groups is 1. The third-order valence-electron chi connectivity index (χ3n) is 3.15. The molecule has 0 spiro atoms. The van der Waals surface area contributed by atoms with E-state index in [2.05, 4.69) is 0 Å². The average Bonchev–Trinajstić information content (AvgIpc) is 2.38. The van der Waals surface area contributed by atoms with Gasteiger partial charge in [0.25, 0.3) is 0 Å². The maximum absolute atomic E-state index is 12.4. The van der Waals surface area contributed by atoms with Gasteiger partial charge >= 0.3 is 12.2 Å². The van der Waals surface area contributed by atoms with Crippen LogP contribution in [-0.4, -0.2) is 37.1 Å². The molecule has 0 aliphatic carbocycles. The zero-order chi connectivity index (χ0) is 14.0. The van der Waals surface area contributed by atoms with Crippen molar-refractivity contribution in [3.63, 3.8) is 0 Å². The summed E-state index contributed by atoms with van der Waals surface area (Å²) in [5.41, 5.74) is 5.22. The Morgan fingerprint density at radius 2 is 1.58 bits per heavy atom. The second-order valence-electron chi connectivity index (χ2n) is 4.36. The molecule has 1 heterocycles. The molecule has 0 unspecified atom stereocenters. The number of nitrogens with zero attached hydrogens (tertiary/aromatic N) is 2. The van der Waals surface area contributed by atoms with Crippen LogP contribution in [0.15, 0.2) is 24.3 Å². The molecule has 4 nitrogen and oxygen atoms in total. The fourth-order valence-corrected chi connectivity index (χ4v) is 2.05. The number of primary amides is 1. The van der Waals surface area contributed by atoms with Gasteiger partial charge in [0.1, 0.15) is 0 Å². The van der Waals surface area contributed by atoms with Gasteiger partial charge in [0.2, 0.25) is 0 Å². The van der Waals surface area contributed by atoms with E-state index in [-0.39, 0.29) is 0 Å². The van der Waals surface area contributed by atoms with Crippen molar-refractivity contribution in [1.82, 2.24) is 4.90 Å². The van der Waals surface area contributed by atoms with Crippen molar-refractivity contribution in [2.24, 2.45) is 5.73 Å². The van der Waals surface area contributed by atoms with Crippen LogP contribution in [0.25, 0.3) is 0 Å². The molecule has 1 saturated heterocycles. The van der Waals surface area contributed by atoms with Crippen LogP contribution in [0.2, 0.25) is 0 Å². The molecule has 0 atom stereocenters. The number of nitrogens with two attached hydrogens (primary N) is 1. The Labute approximate surface area is 108 Å². The SMILES string of the molecule is NC(=O)N1CCN(c2ccc(C(F)(F)F)cc2)CC1. The maximum atomic E-state index is 12.4. The summed E-state index contributed by atoms with van der Waals surface area (Å²) in [6, 6.07) is 4.56. The van der Waals surface area contributed by atoms with E-state index in [1.807, 2.05) is 4.90 Å². The lowest BCUT2D eigenvalue weighted by molar-refractivity contribution is -0.137. The van der Waals surface area contributed by atoms with Crippen molar-refractivity contribution in [3.8, 4) is 0 Å². The van der Waals surface area contributed by atoms with E-state index in [4.69, 9.17) is 5.73 Å². The van der Waals surface area contributed by atoms with Crippen LogP contribution in [-0.2, 0) is 6.18 Å². The van der Waals surface area contributed by atoms with E-state index in [1.165, 1.54) is 17.0 Å². The monoisotopic (exact) mass is 273 g/mol. The molecule has 2 amide bonds. The summed E-state index contributed by atoms with van der Waals surface area (Å²) in [7, 11) is 0. The van der Waals surface area contributed by atoms with Gasteiger partial charge in [-0.2, -0.15) is 13.2 Å². The standard InChI is InChI=1S/C12H14F3N3O/c13-12(14,15)9-1-3-10(4-2-9)17-5-7-18(8-6-17)11(16)19/h1-4H,5-8H2,(H2,16,19). The van der Waals surface area contributed by atoms with E-state index >= 15 is 0 Å². The number of hydrogen-bond donors (Lipinski definition) is 1. The number of benzene rings is 1. The van der Waals surface area contributed by atoms with Crippen molar-refractivity contribution in [1.29, 1.82) is 0 Å². The summed E-state index contributed by atoms with van der Waals surface area (Å²) in [4.78, 5) is 14.4. The Morgan fingerprint density at radius 1 is 1.05 bits per heavy atom. The summed E-state index contributed by atoms with van der Waals surface area (Å²) >= 11 is 0. The predicted octanol–water partition coefficient (Wildman–Crippen LogP) is 1.91. The minimum absolute atomic E-state index is 0.466. The van der Waals surface area contributed by atoms with Crippen molar-refractivity contribution < 1.29 is 18.0 Å². The van der Waals surface area contributed by atoms with E-state index in [0.717, 1.165) is 17.8 Å². The van der Waals surface area contributed by atoms with Gasteiger partial charge < -0.3 is 15.5 Å². The van der Waals surface area contributed by atoms with Crippen LogP contribution in [0.4, 0.5) is 23.7 Å². The zero-order valence-corrected chi connectivity index (χ0v) is 10.2. The highest BCUT2D eigenvalue weighted by atomic mass is 19.4. The van der Waals surface area contributed by atoms with Gasteiger partial charge in [-0.3, -0.25) is 0 Å². The quantitative estimate of drug-likeness (QED) is 0.849. The normalized spacial score (nSPS) is 16.6. The lowest BCUT2D eigenvalue weighted by Crippen LogP contribution is -2.50. The number of piperazine rings is 1. The smallest absolute Gasteiger partial charge is 0.368 e. The first-order chi connectivity index (χ1) is 8.88. The number of carbonyl (C=O) groups excluding carboxylic acids is 1. The lowest BCUT2D eigenvalue weighted by Gasteiger charge is -2.35. The van der Waals surface area contributed by atoms with Crippen molar-refractivity contribution in [2.75, 3.05) is 31.1 Å². The first-order valence-electron chi connectivity index (χ1n) is 5.84. The molecule has 104 valence electrons. The first kappa shape index (κ1) is 13.5. The number of amides is 2. The lowest BCUT2D eigenvalue weighted by atomic mass is 10.1. The van der Waals surface area contributed by atoms with Crippen LogP contribution in [0, 0.1) is 0 Å². The summed E-state index contributed by atoms with van der Waals surface area (Å²) in [5.74, 6) is 0. The largest absolute Gasteiger partial charge is 0.416 e. The number of rotatable bonds is 1. The van der Waals surface area contributed by atoms with E-state index in [9.17, 15) is 18.0 Å². The molecular weight excluding hydrogens is 259 g/mol. The van der Waals surface area contributed by atoms with Crippen molar-refractivity contribution >= 4 is 11.7 Å². The summed E-state index contributed by atoms with van der Waals surface area (Å²) < 4.78 is 37.3. The maximum Gasteiger partial charge on any atom is 0.416 e. The van der Waals surface area contributed by atoms with E-state index in [1.54, 1.807) is 0 Å². The molecule has 0 saturated carbocycles. The van der Waals surface area contributed by atoms with Gasteiger partial charge in [-0.05, 0) is 24.3 Å².